The summed E-state index contributed by atoms with van der Waals surface area (Å²) in [5, 5.41) is 2.12. The zero-order valence-corrected chi connectivity index (χ0v) is 15.9. The summed E-state index contributed by atoms with van der Waals surface area (Å²) in [5.41, 5.74) is 0. The van der Waals surface area contributed by atoms with Crippen LogP contribution in [0.2, 0.25) is 5.02 Å². The van der Waals surface area contributed by atoms with E-state index < -0.39 is 10.0 Å². The van der Waals surface area contributed by atoms with Crippen molar-refractivity contribution in [2.24, 2.45) is 5.92 Å². The monoisotopic (exact) mass is 377 g/mol. The van der Waals surface area contributed by atoms with Crippen molar-refractivity contribution in [3.05, 3.63) is 48.8 Å². The average molecular weight is 378 g/mol. The highest BCUT2D eigenvalue weighted by atomic mass is 35.5. The Balaban J connectivity index is 0.00000182. The highest BCUT2D eigenvalue weighted by Crippen LogP contribution is 2.38. The van der Waals surface area contributed by atoms with Crippen molar-refractivity contribution in [3.8, 4) is 0 Å². The molecule has 2 aliphatic rings. The van der Waals surface area contributed by atoms with Crippen LogP contribution in [0.3, 0.4) is 0 Å². The molecular weight excluding hydrogens is 354 g/mol. The van der Waals surface area contributed by atoms with Crippen molar-refractivity contribution in [3.63, 3.8) is 0 Å². The highest BCUT2D eigenvalue weighted by molar-refractivity contribution is 7.89. The lowest BCUT2D eigenvalue weighted by atomic mass is 9.84. The van der Waals surface area contributed by atoms with Crippen LogP contribution in [0.15, 0.2) is 41.3 Å². The van der Waals surface area contributed by atoms with Crippen LogP contribution < -0.4 is 0 Å². The van der Waals surface area contributed by atoms with Crippen LogP contribution in [0, 0.1) is 13.3 Å². The summed E-state index contributed by atoms with van der Waals surface area (Å²) in [6, 6.07) is 11.0. The first kappa shape index (κ1) is 18.7. The molecule has 25 heavy (non-hydrogen) atoms. The Kier molecular flexibility index (Phi) is 5.42. The lowest BCUT2D eigenvalue weighted by Gasteiger charge is -2.33. The third-order valence-electron chi connectivity index (χ3n) is 5.57. The van der Waals surface area contributed by atoms with Crippen LogP contribution in [0.5, 0.6) is 0 Å². The maximum Gasteiger partial charge on any atom is 0.243 e. The predicted molar refractivity (Wildman–Crippen MR) is 103 cm³/mol. The summed E-state index contributed by atoms with van der Waals surface area (Å²) < 4.78 is 28.7. The number of rotatable bonds is 2. The number of sulfonamides is 1. The molecule has 0 amide bonds. The van der Waals surface area contributed by atoms with E-state index in [1.165, 1.54) is 6.42 Å². The fourth-order valence-electron chi connectivity index (χ4n) is 4.42. The van der Waals surface area contributed by atoms with Gasteiger partial charge in [0.05, 0.1) is 4.90 Å². The Morgan fingerprint density at radius 3 is 2.52 bits per heavy atom. The average Bonchev–Trinajstić information content (AvgIpc) is 2.73. The van der Waals surface area contributed by atoms with Gasteiger partial charge in [0, 0.05) is 28.4 Å². The van der Waals surface area contributed by atoms with Crippen LogP contribution in [-0.2, 0) is 10.0 Å². The maximum atomic E-state index is 13.4. The highest BCUT2D eigenvalue weighted by Gasteiger charge is 2.37. The minimum Gasteiger partial charge on any atom is -0.207 e. The lowest BCUT2D eigenvalue weighted by Crippen LogP contribution is -2.41. The number of fused-ring (bicyclic) bond motifs is 3. The molecule has 3 nitrogen and oxygen atoms in total. The van der Waals surface area contributed by atoms with Crippen molar-refractivity contribution in [1.29, 1.82) is 0 Å². The van der Waals surface area contributed by atoms with Gasteiger partial charge in [0.2, 0.25) is 10.0 Å². The lowest BCUT2D eigenvalue weighted by molar-refractivity contribution is 0.239. The van der Waals surface area contributed by atoms with Gasteiger partial charge < -0.3 is 0 Å². The van der Waals surface area contributed by atoms with E-state index in [0.29, 0.717) is 22.4 Å². The molecule has 5 heteroatoms. The van der Waals surface area contributed by atoms with Crippen molar-refractivity contribution in [2.75, 3.05) is 6.54 Å². The van der Waals surface area contributed by atoms with Gasteiger partial charge in [-0.1, -0.05) is 56.1 Å². The Bertz CT molecular complexity index is 865. The SMILES string of the molecule is O=S(=O)(c1cccc2c(Cl)cccc12)N1CCCC2CCCC1C2.[CH2]. The number of hydrogen-bond acceptors (Lipinski definition) is 2. The Labute approximate surface area is 156 Å². The zero-order valence-electron chi connectivity index (χ0n) is 14.3. The van der Waals surface area contributed by atoms with Crippen LogP contribution in [0.4, 0.5) is 0 Å². The Hall–Kier alpha value is -1.10. The maximum absolute atomic E-state index is 13.4. The topological polar surface area (TPSA) is 37.4 Å². The molecule has 0 aromatic heterocycles. The molecule has 0 spiro atoms. The van der Waals surface area contributed by atoms with Gasteiger partial charge in [-0.2, -0.15) is 4.31 Å². The molecule has 2 aromatic rings. The molecule has 1 aliphatic heterocycles. The third-order valence-corrected chi connectivity index (χ3v) is 7.91. The van der Waals surface area contributed by atoms with E-state index in [1.807, 2.05) is 18.2 Å². The van der Waals surface area contributed by atoms with Gasteiger partial charge in [-0.3, -0.25) is 0 Å². The second-order valence-electron chi connectivity index (χ2n) is 7.04. The summed E-state index contributed by atoms with van der Waals surface area (Å²) in [6.45, 7) is 0.639. The standard InChI is InChI=1S/C19H22ClNO2S.CH2/c20-18-10-2-9-17-16(18)8-3-11-19(17)24(22,23)21-12-4-6-14-5-1-7-15(21)13-14;/h2-3,8-11,14-15H,1,4-7,12-13H2;1H2. The molecule has 2 fully saturated rings. The first-order valence-electron chi connectivity index (χ1n) is 8.76. The molecular formula is C20H24ClNO2S. The summed E-state index contributed by atoms with van der Waals surface area (Å²) in [7, 11) is -3.50. The zero-order chi connectivity index (χ0) is 16.7. The van der Waals surface area contributed by atoms with Crippen molar-refractivity contribution in [2.45, 2.75) is 49.5 Å². The van der Waals surface area contributed by atoms with E-state index in [0.717, 1.165) is 42.9 Å². The third kappa shape index (κ3) is 3.32. The largest absolute Gasteiger partial charge is 0.243 e. The molecule has 2 aromatic carbocycles. The normalized spacial score (nSPS) is 24.5. The molecule has 2 radical (unpaired) electrons. The molecule has 1 heterocycles. The smallest absolute Gasteiger partial charge is 0.207 e. The van der Waals surface area contributed by atoms with E-state index in [4.69, 9.17) is 11.6 Å². The van der Waals surface area contributed by atoms with Gasteiger partial charge in [-0.15, -0.1) is 0 Å². The van der Waals surface area contributed by atoms with Gasteiger partial charge in [0.1, 0.15) is 0 Å². The molecule has 2 atom stereocenters. The number of halogens is 1. The molecule has 1 saturated heterocycles. The Morgan fingerprint density at radius 2 is 1.68 bits per heavy atom. The molecule has 1 saturated carbocycles. The van der Waals surface area contributed by atoms with Gasteiger partial charge in [-0.05, 0) is 43.7 Å². The fraction of sp³-hybridized carbons (Fsp3) is 0.450. The van der Waals surface area contributed by atoms with E-state index >= 15 is 0 Å². The quantitative estimate of drug-likeness (QED) is 0.724. The molecule has 2 unspecified atom stereocenters. The summed E-state index contributed by atoms with van der Waals surface area (Å²) in [4.78, 5) is 0.395. The number of nitrogens with zero attached hydrogens (tertiary/aromatic N) is 1. The van der Waals surface area contributed by atoms with Crippen LogP contribution in [0.25, 0.3) is 10.8 Å². The summed E-state index contributed by atoms with van der Waals surface area (Å²) in [5.74, 6) is 0.700. The molecule has 2 bridgehead atoms. The minimum atomic E-state index is -3.50. The molecule has 4 rings (SSSR count). The van der Waals surface area contributed by atoms with Crippen LogP contribution in [-0.4, -0.2) is 25.3 Å². The number of benzene rings is 2. The first-order chi connectivity index (χ1) is 11.6. The molecule has 134 valence electrons. The van der Waals surface area contributed by atoms with E-state index in [-0.39, 0.29) is 13.5 Å². The van der Waals surface area contributed by atoms with Crippen molar-refractivity contribution in [1.82, 2.24) is 4.31 Å². The summed E-state index contributed by atoms with van der Waals surface area (Å²) in [6.07, 6.45) is 6.53. The second-order valence-corrected chi connectivity index (χ2v) is 9.30. The van der Waals surface area contributed by atoms with Gasteiger partial charge in [0.15, 0.2) is 0 Å². The Morgan fingerprint density at radius 1 is 0.960 bits per heavy atom. The second kappa shape index (κ2) is 7.26. The van der Waals surface area contributed by atoms with Crippen LogP contribution in [0.1, 0.15) is 38.5 Å². The van der Waals surface area contributed by atoms with E-state index in [2.05, 4.69) is 0 Å². The van der Waals surface area contributed by atoms with Crippen molar-refractivity contribution < 1.29 is 8.42 Å². The van der Waals surface area contributed by atoms with E-state index in [9.17, 15) is 8.42 Å². The van der Waals surface area contributed by atoms with Gasteiger partial charge in [-0.25, -0.2) is 8.42 Å². The predicted octanol–water partition coefficient (Wildman–Crippen LogP) is 5.16. The van der Waals surface area contributed by atoms with Crippen LogP contribution >= 0.6 is 11.6 Å². The first-order valence-corrected chi connectivity index (χ1v) is 10.6. The minimum absolute atomic E-state index is 0. The fourth-order valence-corrected chi connectivity index (χ4v) is 6.57. The summed E-state index contributed by atoms with van der Waals surface area (Å²) >= 11 is 6.27. The molecule has 1 aliphatic carbocycles. The van der Waals surface area contributed by atoms with Gasteiger partial charge >= 0.3 is 0 Å². The van der Waals surface area contributed by atoms with Crippen molar-refractivity contribution >= 4 is 32.4 Å². The van der Waals surface area contributed by atoms with Gasteiger partial charge in [0.25, 0.3) is 0 Å². The molecule has 0 N–H and O–H groups in total. The number of hydrogen-bond donors (Lipinski definition) is 0. The van der Waals surface area contributed by atoms with E-state index in [1.54, 1.807) is 22.5 Å².